The molecule has 0 saturated carbocycles. The lowest BCUT2D eigenvalue weighted by atomic mass is 10.1. The van der Waals surface area contributed by atoms with Crippen LogP contribution in [0.1, 0.15) is 19.4 Å². The van der Waals surface area contributed by atoms with Crippen molar-refractivity contribution in [3.63, 3.8) is 0 Å². The van der Waals surface area contributed by atoms with Crippen LogP contribution in [0.3, 0.4) is 0 Å². The summed E-state index contributed by atoms with van der Waals surface area (Å²) >= 11 is 0. The molecule has 0 aliphatic rings. The van der Waals surface area contributed by atoms with E-state index in [1.807, 2.05) is 18.2 Å². The van der Waals surface area contributed by atoms with Gasteiger partial charge >= 0.3 is 0 Å². The van der Waals surface area contributed by atoms with Gasteiger partial charge in [0.25, 0.3) is 0 Å². The maximum atomic E-state index is 12.2. The third-order valence-corrected chi connectivity index (χ3v) is 3.86. The minimum Gasteiger partial charge on any atom is -0.326 e. The van der Waals surface area contributed by atoms with Crippen LogP contribution in [0.5, 0.6) is 0 Å². The summed E-state index contributed by atoms with van der Waals surface area (Å²) in [5, 5.41) is 5.59. The Morgan fingerprint density at radius 2 is 1.52 bits per heavy atom. The molecule has 0 aliphatic carbocycles. The van der Waals surface area contributed by atoms with E-state index >= 15 is 0 Å². The van der Waals surface area contributed by atoms with Crippen LogP contribution in [0.4, 0.5) is 11.4 Å². The van der Waals surface area contributed by atoms with E-state index in [9.17, 15) is 9.59 Å². The highest BCUT2D eigenvalue weighted by Gasteiger charge is 2.09. The molecule has 2 amide bonds. The number of carbonyl (C=O) groups is 2. The standard InChI is InChI=1S/C20H25N3O2/c1-3-23(14-13-17-7-5-4-6-8-17)15-20(25)22-19-11-9-18(10-12-19)21-16(2)24/h4-12H,3,13-15H2,1-2H3,(H,21,24)(H,22,25). The molecule has 2 N–H and O–H groups in total. The summed E-state index contributed by atoms with van der Waals surface area (Å²) in [5.41, 5.74) is 2.71. The fraction of sp³-hybridized carbons (Fsp3) is 0.300. The topological polar surface area (TPSA) is 61.4 Å². The molecule has 5 heteroatoms. The average molecular weight is 339 g/mol. The summed E-state index contributed by atoms with van der Waals surface area (Å²) in [6.07, 6.45) is 0.924. The van der Waals surface area contributed by atoms with Gasteiger partial charge in [0.2, 0.25) is 11.8 Å². The molecule has 2 rings (SSSR count). The van der Waals surface area contributed by atoms with E-state index in [-0.39, 0.29) is 11.8 Å². The highest BCUT2D eigenvalue weighted by molar-refractivity contribution is 5.93. The van der Waals surface area contributed by atoms with Crippen molar-refractivity contribution in [2.75, 3.05) is 30.3 Å². The first-order chi connectivity index (χ1) is 12.1. The molecular weight excluding hydrogens is 314 g/mol. The molecule has 0 atom stereocenters. The smallest absolute Gasteiger partial charge is 0.238 e. The highest BCUT2D eigenvalue weighted by Crippen LogP contribution is 2.13. The fourth-order valence-electron chi connectivity index (χ4n) is 2.52. The van der Waals surface area contributed by atoms with Gasteiger partial charge in [-0.3, -0.25) is 14.5 Å². The summed E-state index contributed by atoms with van der Waals surface area (Å²) in [4.78, 5) is 25.4. The van der Waals surface area contributed by atoms with E-state index in [1.54, 1.807) is 24.3 Å². The zero-order valence-electron chi connectivity index (χ0n) is 14.8. The Kier molecular flexibility index (Phi) is 7.16. The van der Waals surface area contributed by atoms with E-state index in [0.717, 1.165) is 25.2 Å². The zero-order valence-corrected chi connectivity index (χ0v) is 14.8. The second kappa shape index (κ2) is 9.59. The van der Waals surface area contributed by atoms with Crippen LogP contribution in [0.25, 0.3) is 0 Å². The van der Waals surface area contributed by atoms with Crippen molar-refractivity contribution >= 4 is 23.2 Å². The summed E-state index contributed by atoms with van der Waals surface area (Å²) in [6, 6.07) is 17.4. The van der Waals surface area contributed by atoms with Gasteiger partial charge in [-0.15, -0.1) is 0 Å². The van der Waals surface area contributed by atoms with E-state index < -0.39 is 0 Å². The summed E-state index contributed by atoms with van der Waals surface area (Å²) < 4.78 is 0. The Balaban J connectivity index is 1.81. The van der Waals surface area contributed by atoms with Crippen LogP contribution < -0.4 is 10.6 Å². The van der Waals surface area contributed by atoms with Gasteiger partial charge in [-0.25, -0.2) is 0 Å². The van der Waals surface area contributed by atoms with Gasteiger partial charge in [0, 0.05) is 24.8 Å². The molecule has 0 aromatic heterocycles. The van der Waals surface area contributed by atoms with Gasteiger partial charge in [0.1, 0.15) is 0 Å². The predicted octanol–water partition coefficient (Wildman–Crippen LogP) is 3.15. The molecular formula is C20H25N3O2. The summed E-state index contributed by atoms with van der Waals surface area (Å²) in [5.74, 6) is -0.157. The fourth-order valence-corrected chi connectivity index (χ4v) is 2.52. The average Bonchev–Trinajstić information content (AvgIpc) is 2.60. The Morgan fingerprint density at radius 3 is 2.08 bits per heavy atom. The first kappa shape index (κ1) is 18.7. The number of hydrogen-bond acceptors (Lipinski definition) is 3. The third-order valence-electron chi connectivity index (χ3n) is 3.86. The van der Waals surface area contributed by atoms with Gasteiger partial charge in [-0.2, -0.15) is 0 Å². The van der Waals surface area contributed by atoms with Crippen LogP contribution in [0, 0.1) is 0 Å². The first-order valence-corrected chi connectivity index (χ1v) is 8.50. The number of benzene rings is 2. The summed E-state index contributed by atoms with van der Waals surface area (Å²) in [7, 11) is 0. The molecule has 0 heterocycles. The molecule has 0 radical (unpaired) electrons. The molecule has 0 fully saturated rings. The number of anilines is 2. The molecule has 2 aromatic carbocycles. The van der Waals surface area contributed by atoms with Crippen molar-refractivity contribution in [1.82, 2.24) is 4.90 Å². The van der Waals surface area contributed by atoms with Gasteiger partial charge in [0.15, 0.2) is 0 Å². The van der Waals surface area contributed by atoms with E-state index in [4.69, 9.17) is 0 Å². The quantitative estimate of drug-likeness (QED) is 0.777. The molecule has 0 bridgehead atoms. The van der Waals surface area contributed by atoms with Crippen molar-refractivity contribution < 1.29 is 9.59 Å². The third kappa shape index (κ3) is 6.77. The number of nitrogens with zero attached hydrogens (tertiary/aromatic N) is 1. The maximum absolute atomic E-state index is 12.2. The van der Waals surface area contributed by atoms with Crippen molar-refractivity contribution in [3.05, 3.63) is 60.2 Å². The second-order valence-corrected chi connectivity index (χ2v) is 5.91. The number of hydrogen-bond donors (Lipinski definition) is 2. The molecule has 0 unspecified atom stereocenters. The number of carbonyl (C=O) groups excluding carboxylic acids is 2. The molecule has 5 nitrogen and oxygen atoms in total. The number of nitrogens with one attached hydrogen (secondary N) is 2. The molecule has 0 aliphatic heterocycles. The first-order valence-electron chi connectivity index (χ1n) is 8.50. The van der Waals surface area contributed by atoms with Gasteiger partial charge in [-0.05, 0) is 42.8 Å². The lowest BCUT2D eigenvalue weighted by Crippen LogP contribution is -2.34. The Morgan fingerprint density at radius 1 is 0.920 bits per heavy atom. The minimum absolute atomic E-state index is 0.0396. The van der Waals surface area contributed by atoms with Gasteiger partial charge < -0.3 is 10.6 Å². The molecule has 2 aromatic rings. The molecule has 0 saturated heterocycles. The zero-order chi connectivity index (χ0) is 18.1. The molecule has 132 valence electrons. The Bertz CT molecular complexity index is 684. The summed E-state index contributed by atoms with van der Waals surface area (Å²) in [6.45, 7) is 5.54. The normalized spacial score (nSPS) is 10.5. The minimum atomic E-state index is -0.117. The lowest BCUT2D eigenvalue weighted by Gasteiger charge is -2.20. The van der Waals surface area contributed by atoms with E-state index in [2.05, 4.69) is 34.6 Å². The Hall–Kier alpha value is -2.66. The van der Waals surface area contributed by atoms with E-state index in [1.165, 1.54) is 12.5 Å². The van der Waals surface area contributed by atoms with Gasteiger partial charge in [-0.1, -0.05) is 37.3 Å². The van der Waals surface area contributed by atoms with Crippen LogP contribution >= 0.6 is 0 Å². The van der Waals surface area contributed by atoms with Gasteiger partial charge in [0.05, 0.1) is 6.54 Å². The highest BCUT2D eigenvalue weighted by atomic mass is 16.2. The van der Waals surface area contributed by atoms with Crippen molar-refractivity contribution in [1.29, 1.82) is 0 Å². The molecule has 25 heavy (non-hydrogen) atoms. The van der Waals surface area contributed by atoms with Crippen LogP contribution in [-0.2, 0) is 16.0 Å². The number of amides is 2. The van der Waals surface area contributed by atoms with Crippen LogP contribution in [0.15, 0.2) is 54.6 Å². The monoisotopic (exact) mass is 339 g/mol. The van der Waals surface area contributed by atoms with Crippen molar-refractivity contribution in [2.24, 2.45) is 0 Å². The number of rotatable bonds is 8. The SMILES string of the molecule is CCN(CCc1ccccc1)CC(=O)Nc1ccc(NC(C)=O)cc1. The lowest BCUT2D eigenvalue weighted by molar-refractivity contribution is -0.117. The van der Waals surface area contributed by atoms with Crippen molar-refractivity contribution in [2.45, 2.75) is 20.3 Å². The second-order valence-electron chi connectivity index (χ2n) is 5.91. The van der Waals surface area contributed by atoms with E-state index in [0.29, 0.717) is 12.2 Å². The molecule has 0 spiro atoms. The predicted molar refractivity (Wildman–Crippen MR) is 102 cm³/mol. The Labute approximate surface area is 149 Å². The maximum Gasteiger partial charge on any atom is 0.238 e. The number of likely N-dealkylation sites (N-methyl/N-ethyl adjacent to an activating group) is 1. The van der Waals surface area contributed by atoms with Crippen LogP contribution in [-0.4, -0.2) is 36.3 Å². The largest absolute Gasteiger partial charge is 0.326 e. The van der Waals surface area contributed by atoms with Crippen LogP contribution in [0.2, 0.25) is 0 Å². The van der Waals surface area contributed by atoms with Crippen molar-refractivity contribution in [3.8, 4) is 0 Å².